The normalized spacial score (nSPS) is 19.9. The van der Waals surface area contributed by atoms with E-state index in [1.165, 1.54) is 0 Å². The lowest BCUT2D eigenvalue weighted by Crippen LogP contribution is -2.40. The van der Waals surface area contributed by atoms with Gasteiger partial charge >= 0.3 is 0 Å². The van der Waals surface area contributed by atoms with Gasteiger partial charge in [0.25, 0.3) is 0 Å². The van der Waals surface area contributed by atoms with Crippen molar-refractivity contribution in [2.45, 2.75) is 12.5 Å². The monoisotopic (exact) mass is 326 g/mol. The summed E-state index contributed by atoms with van der Waals surface area (Å²) in [4.78, 5) is 23.5. The first kappa shape index (κ1) is 14.0. The second-order valence-electron chi connectivity index (χ2n) is 4.46. The van der Waals surface area contributed by atoms with E-state index < -0.39 is 11.9 Å². The fourth-order valence-corrected chi connectivity index (χ4v) is 2.42. The number of benzene rings is 1. The number of nitrogens with one attached hydrogen (secondary N) is 1. The maximum absolute atomic E-state index is 12.0. The lowest BCUT2D eigenvalue weighted by atomic mass is 10.0. The Bertz CT molecular complexity index is 487. The van der Waals surface area contributed by atoms with Crippen LogP contribution < -0.4 is 11.1 Å². The van der Waals surface area contributed by atoms with E-state index in [-0.39, 0.29) is 11.8 Å². The molecule has 1 aromatic carbocycles. The van der Waals surface area contributed by atoms with Crippen molar-refractivity contribution in [3.05, 3.63) is 34.3 Å². The molecular formula is C13H15BrN2O3. The van der Waals surface area contributed by atoms with Crippen molar-refractivity contribution < 1.29 is 14.3 Å². The van der Waals surface area contributed by atoms with E-state index in [0.717, 1.165) is 4.47 Å². The van der Waals surface area contributed by atoms with Gasteiger partial charge in [-0.15, -0.1) is 0 Å². The van der Waals surface area contributed by atoms with Crippen LogP contribution in [0, 0.1) is 5.92 Å². The molecule has 5 nitrogen and oxygen atoms in total. The molecule has 2 atom stereocenters. The molecule has 102 valence electrons. The van der Waals surface area contributed by atoms with Gasteiger partial charge in [-0.25, -0.2) is 0 Å². The molecule has 0 aromatic heterocycles. The number of nitrogens with two attached hydrogens (primary N) is 1. The molecule has 3 N–H and O–H groups in total. The second-order valence-corrected chi connectivity index (χ2v) is 5.38. The van der Waals surface area contributed by atoms with Gasteiger partial charge in [0.2, 0.25) is 11.8 Å². The topological polar surface area (TPSA) is 81.4 Å². The van der Waals surface area contributed by atoms with Gasteiger partial charge in [-0.3, -0.25) is 9.59 Å². The third kappa shape index (κ3) is 3.54. The van der Waals surface area contributed by atoms with Gasteiger partial charge in [-0.2, -0.15) is 0 Å². The van der Waals surface area contributed by atoms with Gasteiger partial charge in [-0.05, 0) is 24.1 Å². The van der Waals surface area contributed by atoms with Gasteiger partial charge in [0, 0.05) is 11.1 Å². The SMILES string of the molecule is NC(=O)[C@@H](NC(=O)[C@H]1CCOC1)c1cccc(Br)c1. The van der Waals surface area contributed by atoms with Crippen LogP contribution in [0.25, 0.3) is 0 Å². The molecule has 2 amide bonds. The predicted octanol–water partition coefficient (Wildman–Crippen LogP) is 1.13. The molecule has 0 bridgehead atoms. The van der Waals surface area contributed by atoms with E-state index in [9.17, 15) is 9.59 Å². The van der Waals surface area contributed by atoms with Crippen LogP contribution in [0.2, 0.25) is 0 Å². The number of amides is 2. The van der Waals surface area contributed by atoms with Crippen LogP contribution in [-0.2, 0) is 14.3 Å². The van der Waals surface area contributed by atoms with Crippen LogP contribution in [-0.4, -0.2) is 25.0 Å². The minimum atomic E-state index is -0.814. The van der Waals surface area contributed by atoms with Crippen LogP contribution in [0.3, 0.4) is 0 Å². The van der Waals surface area contributed by atoms with Crippen molar-refractivity contribution in [1.29, 1.82) is 0 Å². The van der Waals surface area contributed by atoms with Gasteiger partial charge in [-0.1, -0.05) is 28.1 Å². The summed E-state index contributed by atoms with van der Waals surface area (Å²) >= 11 is 3.33. The first-order valence-corrected chi connectivity index (χ1v) is 6.80. The van der Waals surface area contributed by atoms with Crippen molar-refractivity contribution in [3.8, 4) is 0 Å². The van der Waals surface area contributed by atoms with Crippen molar-refractivity contribution in [2.75, 3.05) is 13.2 Å². The Balaban J connectivity index is 2.12. The first-order valence-electron chi connectivity index (χ1n) is 6.01. The molecule has 0 aliphatic carbocycles. The number of hydrogen-bond donors (Lipinski definition) is 2. The summed E-state index contributed by atoms with van der Waals surface area (Å²) in [5, 5.41) is 2.69. The number of halogens is 1. The fourth-order valence-electron chi connectivity index (χ4n) is 2.01. The van der Waals surface area contributed by atoms with Crippen molar-refractivity contribution in [1.82, 2.24) is 5.32 Å². The molecule has 2 rings (SSSR count). The predicted molar refractivity (Wildman–Crippen MR) is 73.1 cm³/mol. The Morgan fingerprint density at radius 1 is 1.47 bits per heavy atom. The van der Waals surface area contributed by atoms with Crippen LogP contribution in [0.15, 0.2) is 28.7 Å². The third-order valence-electron chi connectivity index (χ3n) is 3.05. The molecule has 19 heavy (non-hydrogen) atoms. The molecule has 0 saturated carbocycles. The lowest BCUT2D eigenvalue weighted by Gasteiger charge is -2.18. The zero-order valence-corrected chi connectivity index (χ0v) is 11.9. The molecule has 1 saturated heterocycles. The highest BCUT2D eigenvalue weighted by atomic mass is 79.9. The van der Waals surface area contributed by atoms with E-state index >= 15 is 0 Å². The summed E-state index contributed by atoms with van der Waals surface area (Å²) in [6.45, 7) is 0.978. The van der Waals surface area contributed by atoms with E-state index in [2.05, 4.69) is 21.2 Å². The van der Waals surface area contributed by atoms with E-state index in [1.54, 1.807) is 18.2 Å². The Kier molecular flexibility index (Phi) is 4.55. The molecule has 6 heteroatoms. The molecular weight excluding hydrogens is 312 g/mol. The van der Waals surface area contributed by atoms with Crippen LogP contribution in [0.5, 0.6) is 0 Å². The van der Waals surface area contributed by atoms with Gasteiger partial charge < -0.3 is 15.8 Å². The number of carbonyl (C=O) groups is 2. The average Bonchev–Trinajstić information content (AvgIpc) is 2.89. The summed E-state index contributed by atoms with van der Waals surface area (Å²) in [6, 6.07) is 6.34. The van der Waals surface area contributed by atoms with Gasteiger partial charge in [0.05, 0.1) is 12.5 Å². The summed E-state index contributed by atoms with van der Waals surface area (Å²) in [6.07, 6.45) is 0.676. The van der Waals surface area contributed by atoms with Crippen molar-refractivity contribution in [3.63, 3.8) is 0 Å². The number of primary amides is 1. The fraction of sp³-hybridized carbons (Fsp3) is 0.385. The highest BCUT2D eigenvalue weighted by Crippen LogP contribution is 2.20. The lowest BCUT2D eigenvalue weighted by molar-refractivity contribution is -0.130. The van der Waals surface area contributed by atoms with Crippen LogP contribution in [0.4, 0.5) is 0 Å². The van der Waals surface area contributed by atoms with Gasteiger partial charge in [0.1, 0.15) is 6.04 Å². The summed E-state index contributed by atoms with van der Waals surface area (Å²) in [5.41, 5.74) is 6.03. The Morgan fingerprint density at radius 2 is 2.26 bits per heavy atom. The second kappa shape index (κ2) is 6.16. The molecule has 0 unspecified atom stereocenters. The van der Waals surface area contributed by atoms with Crippen molar-refractivity contribution in [2.24, 2.45) is 11.7 Å². The minimum Gasteiger partial charge on any atom is -0.381 e. The smallest absolute Gasteiger partial charge is 0.244 e. The molecule has 1 fully saturated rings. The number of hydrogen-bond acceptors (Lipinski definition) is 3. The quantitative estimate of drug-likeness (QED) is 0.870. The summed E-state index contributed by atoms with van der Waals surface area (Å²) in [5.74, 6) is -0.972. The van der Waals surface area contributed by atoms with Crippen LogP contribution >= 0.6 is 15.9 Å². The third-order valence-corrected chi connectivity index (χ3v) is 3.55. The number of ether oxygens (including phenoxy) is 1. The largest absolute Gasteiger partial charge is 0.381 e. The number of carbonyl (C=O) groups excluding carboxylic acids is 2. The van der Waals surface area contributed by atoms with E-state index in [1.807, 2.05) is 6.07 Å². The summed E-state index contributed by atoms with van der Waals surface area (Å²) in [7, 11) is 0. The maximum atomic E-state index is 12.0. The average molecular weight is 327 g/mol. The van der Waals surface area contributed by atoms with Crippen LogP contribution in [0.1, 0.15) is 18.0 Å². The molecule has 1 heterocycles. The molecule has 1 aromatic rings. The Morgan fingerprint density at radius 3 is 2.84 bits per heavy atom. The highest BCUT2D eigenvalue weighted by Gasteiger charge is 2.28. The van der Waals surface area contributed by atoms with Crippen molar-refractivity contribution >= 4 is 27.7 Å². The number of rotatable bonds is 4. The Hall–Kier alpha value is -1.40. The Labute approximate surface area is 119 Å². The molecule has 1 aliphatic heterocycles. The van der Waals surface area contributed by atoms with E-state index in [4.69, 9.17) is 10.5 Å². The highest BCUT2D eigenvalue weighted by molar-refractivity contribution is 9.10. The maximum Gasteiger partial charge on any atom is 0.244 e. The molecule has 0 spiro atoms. The van der Waals surface area contributed by atoms with Gasteiger partial charge in [0.15, 0.2) is 0 Å². The minimum absolute atomic E-state index is 0.193. The zero-order valence-electron chi connectivity index (χ0n) is 10.3. The molecule has 0 radical (unpaired) electrons. The standard InChI is InChI=1S/C13H15BrN2O3/c14-10-3-1-2-8(6-10)11(12(15)17)16-13(18)9-4-5-19-7-9/h1-3,6,9,11H,4-5,7H2,(H2,15,17)(H,16,18)/t9-,11-/m0/s1. The zero-order chi connectivity index (χ0) is 13.8. The van der Waals surface area contributed by atoms with E-state index in [0.29, 0.717) is 25.2 Å². The molecule has 1 aliphatic rings. The first-order chi connectivity index (χ1) is 9.08. The summed E-state index contributed by atoms with van der Waals surface area (Å²) < 4.78 is 5.99.